The van der Waals surface area contributed by atoms with Crippen LogP contribution >= 0.6 is 0 Å². The van der Waals surface area contributed by atoms with E-state index in [4.69, 9.17) is 14.9 Å². The second kappa shape index (κ2) is 6.72. The van der Waals surface area contributed by atoms with E-state index in [1.54, 1.807) is 6.92 Å². The molecule has 1 aromatic carbocycles. The second-order valence-corrected chi connectivity index (χ2v) is 5.37. The van der Waals surface area contributed by atoms with Gasteiger partial charge in [0.2, 0.25) is 0 Å². The number of aliphatic hydroxyl groups excluding tert-OH is 2. The summed E-state index contributed by atoms with van der Waals surface area (Å²) in [5, 5.41) is 20.8. The molecule has 0 atom stereocenters. The lowest BCUT2D eigenvalue weighted by Crippen LogP contribution is -2.53. The fourth-order valence-electron chi connectivity index (χ4n) is 1.79. The van der Waals surface area contributed by atoms with Crippen LogP contribution in [-0.4, -0.2) is 41.5 Å². The van der Waals surface area contributed by atoms with Crippen LogP contribution in [0.4, 0.5) is 0 Å². The number of hydrogen-bond donors (Lipinski definition) is 3. The van der Waals surface area contributed by atoms with Gasteiger partial charge in [-0.25, -0.2) is 0 Å². The Bertz CT molecular complexity index is 481. The Balaban J connectivity index is 2.69. The summed E-state index contributed by atoms with van der Waals surface area (Å²) >= 11 is 0. The molecule has 0 spiro atoms. The van der Waals surface area contributed by atoms with Crippen LogP contribution < -0.4 is 10.1 Å². The lowest BCUT2D eigenvalue weighted by atomic mass is 10.1. The van der Waals surface area contributed by atoms with Crippen molar-refractivity contribution in [3.63, 3.8) is 0 Å². The topological polar surface area (TPSA) is 78.8 Å². The monoisotopic (exact) mass is 281 g/mol. The van der Waals surface area contributed by atoms with Crippen molar-refractivity contribution in [1.29, 1.82) is 0 Å². The average Bonchev–Trinajstić information content (AvgIpc) is 2.43. The van der Waals surface area contributed by atoms with Gasteiger partial charge in [-0.1, -0.05) is 12.1 Å². The standard InChI is InChI=1S/C15H23NO4/c1-10-5-6-11(2)14(12(10)3)20-7-13(19)16-15(4,8-17)9-18/h5-6,17-18H,7-9H2,1-4H3,(H,16,19). The minimum absolute atomic E-state index is 0.152. The minimum Gasteiger partial charge on any atom is -0.483 e. The number of benzene rings is 1. The van der Waals surface area contributed by atoms with Gasteiger partial charge < -0.3 is 20.3 Å². The Kier molecular flexibility index (Phi) is 5.53. The van der Waals surface area contributed by atoms with E-state index in [0.717, 1.165) is 16.7 Å². The molecule has 0 aliphatic heterocycles. The highest BCUT2D eigenvalue weighted by Crippen LogP contribution is 2.25. The predicted octanol–water partition coefficient (Wildman–Crippen LogP) is 0.850. The maximum Gasteiger partial charge on any atom is 0.258 e. The van der Waals surface area contributed by atoms with Crippen molar-refractivity contribution >= 4 is 5.91 Å². The molecule has 5 nitrogen and oxygen atoms in total. The van der Waals surface area contributed by atoms with E-state index in [-0.39, 0.29) is 25.7 Å². The van der Waals surface area contributed by atoms with Gasteiger partial charge in [-0.15, -0.1) is 0 Å². The number of aliphatic hydroxyl groups is 2. The molecule has 0 aliphatic rings. The van der Waals surface area contributed by atoms with E-state index in [0.29, 0.717) is 5.75 Å². The van der Waals surface area contributed by atoms with Gasteiger partial charge in [0.1, 0.15) is 5.75 Å². The number of aryl methyl sites for hydroxylation is 2. The Morgan fingerprint density at radius 3 is 2.30 bits per heavy atom. The normalized spacial score (nSPS) is 11.3. The van der Waals surface area contributed by atoms with Crippen LogP contribution in [0.15, 0.2) is 12.1 Å². The van der Waals surface area contributed by atoms with E-state index in [9.17, 15) is 4.79 Å². The molecule has 112 valence electrons. The molecule has 0 aromatic heterocycles. The molecular formula is C15H23NO4. The first-order valence-corrected chi connectivity index (χ1v) is 6.55. The van der Waals surface area contributed by atoms with E-state index in [1.165, 1.54) is 0 Å². The van der Waals surface area contributed by atoms with E-state index >= 15 is 0 Å². The molecule has 0 saturated carbocycles. The molecule has 0 radical (unpaired) electrons. The van der Waals surface area contributed by atoms with Crippen molar-refractivity contribution < 1.29 is 19.7 Å². The minimum atomic E-state index is -1.03. The van der Waals surface area contributed by atoms with Crippen molar-refractivity contribution in [2.24, 2.45) is 0 Å². The summed E-state index contributed by atoms with van der Waals surface area (Å²) < 4.78 is 5.57. The average molecular weight is 281 g/mol. The molecule has 0 unspecified atom stereocenters. The van der Waals surface area contributed by atoms with E-state index in [2.05, 4.69) is 5.32 Å². The summed E-state index contributed by atoms with van der Waals surface area (Å²) in [6.07, 6.45) is 0. The zero-order valence-electron chi connectivity index (χ0n) is 12.5. The number of carbonyl (C=O) groups excluding carboxylic acids is 1. The zero-order valence-corrected chi connectivity index (χ0v) is 12.5. The second-order valence-electron chi connectivity index (χ2n) is 5.37. The third kappa shape index (κ3) is 3.95. The van der Waals surface area contributed by atoms with Crippen LogP contribution in [0.3, 0.4) is 0 Å². The fraction of sp³-hybridized carbons (Fsp3) is 0.533. The van der Waals surface area contributed by atoms with Crippen molar-refractivity contribution in [3.8, 4) is 5.75 Å². The first kappa shape index (κ1) is 16.5. The van der Waals surface area contributed by atoms with Crippen LogP contribution in [0.1, 0.15) is 23.6 Å². The largest absolute Gasteiger partial charge is 0.483 e. The van der Waals surface area contributed by atoms with Crippen molar-refractivity contribution in [3.05, 3.63) is 28.8 Å². The molecule has 0 saturated heterocycles. The molecule has 1 aromatic rings. The molecule has 20 heavy (non-hydrogen) atoms. The van der Waals surface area contributed by atoms with Crippen LogP contribution in [0.2, 0.25) is 0 Å². The molecular weight excluding hydrogens is 258 g/mol. The number of carbonyl (C=O) groups is 1. The van der Waals surface area contributed by atoms with Gasteiger partial charge in [-0.05, 0) is 44.4 Å². The lowest BCUT2D eigenvalue weighted by molar-refractivity contribution is -0.126. The summed E-state index contributed by atoms with van der Waals surface area (Å²) in [6.45, 7) is 6.59. The maximum absolute atomic E-state index is 11.8. The molecule has 0 aliphatic carbocycles. The smallest absolute Gasteiger partial charge is 0.258 e. The summed E-state index contributed by atoms with van der Waals surface area (Å²) in [4.78, 5) is 11.8. The summed E-state index contributed by atoms with van der Waals surface area (Å²) in [7, 11) is 0. The first-order chi connectivity index (χ1) is 9.33. The fourth-order valence-corrected chi connectivity index (χ4v) is 1.79. The van der Waals surface area contributed by atoms with Crippen molar-refractivity contribution in [2.45, 2.75) is 33.2 Å². The highest BCUT2D eigenvalue weighted by Gasteiger charge is 2.24. The predicted molar refractivity (Wildman–Crippen MR) is 76.9 cm³/mol. The lowest BCUT2D eigenvalue weighted by Gasteiger charge is -2.26. The highest BCUT2D eigenvalue weighted by molar-refractivity contribution is 5.78. The van der Waals surface area contributed by atoms with Gasteiger partial charge in [-0.2, -0.15) is 0 Å². The SMILES string of the molecule is Cc1ccc(C)c(OCC(=O)NC(C)(CO)CO)c1C. The molecule has 0 fully saturated rings. The molecule has 0 heterocycles. The van der Waals surface area contributed by atoms with Crippen LogP contribution in [-0.2, 0) is 4.79 Å². The number of nitrogens with one attached hydrogen (secondary N) is 1. The Morgan fingerprint density at radius 1 is 1.20 bits per heavy atom. The number of amides is 1. The Hall–Kier alpha value is -1.59. The van der Waals surface area contributed by atoms with Crippen molar-refractivity contribution in [1.82, 2.24) is 5.32 Å². The highest BCUT2D eigenvalue weighted by atomic mass is 16.5. The zero-order chi connectivity index (χ0) is 15.3. The Labute approximate surface area is 119 Å². The maximum atomic E-state index is 11.8. The third-order valence-corrected chi connectivity index (χ3v) is 3.36. The number of hydrogen-bond acceptors (Lipinski definition) is 4. The number of ether oxygens (including phenoxy) is 1. The van der Waals surface area contributed by atoms with Crippen LogP contribution in [0, 0.1) is 20.8 Å². The molecule has 1 rings (SSSR count). The van der Waals surface area contributed by atoms with Crippen LogP contribution in [0.5, 0.6) is 5.75 Å². The van der Waals surface area contributed by atoms with Gasteiger partial charge in [0, 0.05) is 0 Å². The summed E-state index contributed by atoms with van der Waals surface area (Å²) in [5.74, 6) is 0.325. The molecule has 1 amide bonds. The molecule has 0 bridgehead atoms. The number of rotatable bonds is 6. The first-order valence-electron chi connectivity index (χ1n) is 6.55. The molecule has 5 heteroatoms. The van der Waals surface area contributed by atoms with Gasteiger partial charge >= 0.3 is 0 Å². The van der Waals surface area contributed by atoms with E-state index < -0.39 is 5.54 Å². The summed E-state index contributed by atoms with van der Waals surface area (Å²) in [6, 6.07) is 3.95. The van der Waals surface area contributed by atoms with Gasteiger partial charge in [0.25, 0.3) is 5.91 Å². The quantitative estimate of drug-likeness (QED) is 0.722. The van der Waals surface area contributed by atoms with Gasteiger partial charge in [0.05, 0.1) is 18.8 Å². The third-order valence-electron chi connectivity index (χ3n) is 3.36. The summed E-state index contributed by atoms with van der Waals surface area (Å²) in [5.41, 5.74) is 2.04. The van der Waals surface area contributed by atoms with Crippen LogP contribution in [0.25, 0.3) is 0 Å². The Morgan fingerprint density at radius 2 is 1.75 bits per heavy atom. The van der Waals surface area contributed by atoms with Gasteiger partial charge in [-0.3, -0.25) is 4.79 Å². The van der Waals surface area contributed by atoms with Crippen molar-refractivity contribution in [2.75, 3.05) is 19.8 Å². The molecule has 3 N–H and O–H groups in total. The van der Waals surface area contributed by atoms with Gasteiger partial charge in [0.15, 0.2) is 6.61 Å². The van der Waals surface area contributed by atoms with E-state index in [1.807, 2.05) is 32.9 Å².